The van der Waals surface area contributed by atoms with E-state index in [4.69, 9.17) is 11.5 Å². The Morgan fingerprint density at radius 3 is 2.62 bits per heavy atom. The topological polar surface area (TPSA) is 69.1 Å². The maximum atomic E-state index is 10.6. The van der Waals surface area contributed by atoms with Crippen molar-refractivity contribution in [1.82, 2.24) is 0 Å². The van der Waals surface area contributed by atoms with E-state index in [-0.39, 0.29) is 18.4 Å². The van der Waals surface area contributed by atoms with E-state index >= 15 is 0 Å². The van der Waals surface area contributed by atoms with Gasteiger partial charge in [-0.25, -0.2) is 0 Å². The molecular weight excluding hydrogens is 184 g/mol. The third-order valence-electron chi connectivity index (χ3n) is 1.84. The molecule has 1 amide bonds. The molecule has 72 valence electrons. The van der Waals surface area contributed by atoms with Gasteiger partial charge in [-0.1, -0.05) is 0 Å². The first-order valence-electron chi connectivity index (χ1n) is 4.11. The summed E-state index contributed by atoms with van der Waals surface area (Å²) < 4.78 is 0. The second kappa shape index (κ2) is 3.89. The van der Waals surface area contributed by atoms with Gasteiger partial charge in [-0.3, -0.25) is 4.79 Å². The van der Waals surface area contributed by atoms with Gasteiger partial charge in [-0.05, 0) is 25.5 Å². The lowest BCUT2D eigenvalue weighted by atomic mass is 10.1. The standard InChI is InChI=1S/C9H14N2OS/c1-5-3-6(2)13-9(5)7(10)4-8(11)12/h3,7H,4,10H2,1-2H3,(H2,11,12)/t7-/m1/s1. The molecule has 1 atom stereocenters. The van der Waals surface area contributed by atoms with Crippen LogP contribution in [-0.2, 0) is 4.79 Å². The minimum Gasteiger partial charge on any atom is -0.370 e. The lowest BCUT2D eigenvalue weighted by molar-refractivity contribution is -0.118. The number of nitrogens with two attached hydrogens (primary N) is 2. The van der Waals surface area contributed by atoms with Crippen LogP contribution in [0.5, 0.6) is 0 Å². The van der Waals surface area contributed by atoms with Crippen LogP contribution in [0.1, 0.15) is 27.8 Å². The molecule has 0 aliphatic carbocycles. The van der Waals surface area contributed by atoms with E-state index in [2.05, 4.69) is 6.07 Å². The van der Waals surface area contributed by atoms with Gasteiger partial charge >= 0.3 is 0 Å². The molecule has 1 aromatic heterocycles. The summed E-state index contributed by atoms with van der Waals surface area (Å²) >= 11 is 1.63. The highest BCUT2D eigenvalue weighted by molar-refractivity contribution is 7.12. The second-order valence-electron chi connectivity index (χ2n) is 3.18. The van der Waals surface area contributed by atoms with Crippen LogP contribution in [0, 0.1) is 13.8 Å². The lowest BCUT2D eigenvalue weighted by Gasteiger charge is -2.07. The third kappa shape index (κ3) is 2.54. The maximum absolute atomic E-state index is 10.6. The number of carbonyl (C=O) groups excluding carboxylic acids is 1. The van der Waals surface area contributed by atoms with Gasteiger partial charge in [0.1, 0.15) is 0 Å². The van der Waals surface area contributed by atoms with Crippen LogP contribution in [0.2, 0.25) is 0 Å². The third-order valence-corrected chi connectivity index (χ3v) is 3.12. The predicted octanol–water partition coefficient (Wildman–Crippen LogP) is 1.24. The molecule has 1 heterocycles. The number of rotatable bonds is 3. The molecule has 0 aliphatic heterocycles. The Bertz CT molecular complexity index is 319. The fourth-order valence-corrected chi connectivity index (χ4v) is 2.37. The molecule has 1 rings (SSSR count). The minimum atomic E-state index is -0.349. The minimum absolute atomic E-state index is 0.223. The maximum Gasteiger partial charge on any atom is 0.219 e. The van der Waals surface area contributed by atoms with E-state index in [9.17, 15) is 4.79 Å². The average molecular weight is 198 g/mol. The van der Waals surface area contributed by atoms with E-state index < -0.39 is 0 Å². The number of hydrogen-bond donors (Lipinski definition) is 2. The van der Waals surface area contributed by atoms with Crippen molar-refractivity contribution in [2.75, 3.05) is 0 Å². The van der Waals surface area contributed by atoms with E-state index in [1.54, 1.807) is 11.3 Å². The van der Waals surface area contributed by atoms with Gasteiger partial charge in [0.15, 0.2) is 0 Å². The van der Waals surface area contributed by atoms with Crippen LogP contribution in [0.4, 0.5) is 0 Å². The Morgan fingerprint density at radius 2 is 2.23 bits per heavy atom. The molecule has 0 spiro atoms. The summed E-state index contributed by atoms with van der Waals surface area (Å²) in [6, 6.07) is 1.83. The molecule has 3 nitrogen and oxygen atoms in total. The fourth-order valence-electron chi connectivity index (χ4n) is 1.34. The molecule has 1 aromatic rings. The van der Waals surface area contributed by atoms with Gasteiger partial charge in [0.05, 0.1) is 0 Å². The fraction of sp³-hybridized carbons (Fsp3) is 0.444. The number of hydrogen-bond acceptors (Lipinski definition) is 3. The summed E-state index contributed by atoms with van der Waals surface area (Å²) in [6.07, 6.45) is 0.223. The molecular formula is C9H14N2OS. The van der Waals surface area contributed by atoms with Crippen LogP contribution in [0.15, 0.2) is 6.07 Å². The van der Waals surface area contributed by atoms with Crippen LogP contribution in [0.25, 0.3) is 0 Å². The van der Waals surface area contributed by atoms with Crippen molar-refractivity contribution in [1.29, 1.82) is 0 Å². The molecule has 0 aromatic carbocycles. The zero-order valence-corrected chi connectivity index (χ0v) is 8.65. The normalized spacial score (nSPS) is 12.8. The molecule has 0 bridgehead atoms. The number of amides is 1. The number of carbonyl (C=O) groups is 1. The van der Waals surface area contributed by atoms with Gasteiger partial charge in [0, 0.05) is 22.2 Å². The molecule has 4 heteroatoms. The van der Waals surface area contributed by atoms with Crippen molar-refractivity contribution in [3.05, 3.63) is 21.4 Å². The Labute approximate surface area is 81.7 Å². The van der Waals surface area contributed by atoms with Gasteiger partial charge in [-0.2, -0.15) is 0 Å². The van der Waals surface area contributed by atoms with E-state index in [1.165, 1.54) is 4.88 Å². The van der Waals surface area contributed by atoms with Gasteiger partial charge < -0.3 is 11.5 Å². The monoisotopic (exact) mass is 198 g/mol. The van der Waals surface area contributed by atoms with E-state index in [0.29, 0.717) is 0 Å². The summed E-state index contributed by atoms with van der Waals surface area (Å²) in [5.74, 6) is -0.349. The molecule has 0 saturated heterocycles. The number of thiophene rings is 1. The molecule has 4 N–H and O–H groups in total. The highest BCUT2D eigenvalue weighted by Crippen LogP contribution is 2.27. The highest BCUT2D eigenvalue weighted by atomic mass is 32.1. The molecule has 13 heavy (non-hydrogen) atoms. The smallest absolute Gasteiger partial charge is 0.219 e. The number of aryl methyl sites for hydroxylation is 2. The van der Waals surface area contributed by atoms with Crippen LogP contribution < -0.4 is 11.5 Å². The van der Waals surface area contributed by atoms with Crippen molar-refractivity contribution in [2.24, 2.45) is 11.5 Å². The lowest BCUT2D eigenvalue weighted by Crippen LogP contribution is -2.20. The quantitative estimate of drug-likeness (QED) is 0.767. The molecule has 0 aliphatic rings. The predicted molar refractivity (Wildman–Crippen MR) is 54.5 cm³/mol. The largest absolute Gasteiger partial charge is 0.370 e. The van der Waals surface area contributed by atoms with Crippen LogP contribution >= 0.6 is 11.3 Å². The van der Waals surface area contributed by atoms with E-state index in [0.717, 1.165) is 10.4 Å². The summed E-state index contributed by atoms with van der Waals surface area (Å²) in [5.41, 5.74) is 12.0. The van der Waals surface area contributed by atoms with Crippen LogP contribution in [-0.4, -0.2) is 5.91 Å². The zero-order chi connectivity index (χ0) is 10.0. The average Bonchev–Trinajstić information content (AvgIpc) is 2.28. The molecule has 0 saturated carbocycles. The van der Waals surface area contributed by atoms with Crippen molar-refractivity contribution in [3.63, 3.8) is 0 Å². The first kappa shape index (κ1) is 10.2. The van der Waals surface area contributed by atoms with Crippen molar-refractivity contribution < 1.29 is 4.79 Å². The molecule has 0 radical (unpaired) electrons. The summed E-state index contributed by atoms with van der Waals surface area (Å²) in [7, 11) is 0. The Hall–Kier alpha value is -0.870. The van der Waals surface area contributed by atoms with E-state index in [1.807, 2.05) is 13.8 Å². The second-order valence-corrected chi connectivity index (χ2v) is 4.47. The Morgan fingerprint density at radius 1 is 1.62 bits per heavy atom. The SMILES string of the molecule is Cc1cc(C)c([C@H](N)CC(N)=O)s1. The highest BCUT2D eigenvalue weighted by Gasteiger charge is 2.13. The van der Waals surface area contributed by atoms with Gasteiger partial charge in [0.25, 0.3) is 0 Å². The Balaban J connectivity index is 2.81. The summed E-state index contributed by atoms with van der Waals surface area (Å²) in [6.45, 7) is 4.03. The summed E-state index contributed by atoms with van der Waals surface area (Å²) in [5, 5.41) is 0. The Kier molecular flexibility index (Phi) is 3.06. The van der Waals surface area contributed by atoms with Crippen LogP contribution in [0.3, 0.4) is 0 Å². The molecule has 0 unspecified atom stereocenters. The first-order chi connectivity index (χ1) is 6.00. The zero-order valence-electron chi connectivity index (χ0n) is 7.83. The number of primary amides is 1. The van der Waals surface area contributed by atoms with Crippen molar-refractivity contribution >= 4 is 17.2 Å². The van der Waals surface area contributed by atoms with Gasteiger partial charge in [0.2, 0.25) is 5.91 Å². The van der Waals surface area contributed by atoms with Gasteiger partial charge in [-0.15, -0.1) is 11.3 Å². The van der Waals surface area contributed by atoms with Crippen molar-refractivity contribution in [2.45, 2.75) is 26.3 Å². The first-order valence-corrected chi connectivity index (χ1v) is 4.93. The summed E-state index contributed by atoms with van der Waals surface area (Å²) in [4.78, 5) is 12.9. The van der Waals surface area contributed by atoms with Crippen molar-refractivity contribution in [3.8, 4) is 0 Å². The molecule has 0 fully saturated rings.